The first-order chi connectivity index (χ1) is 11.4. The maximum atomic E-state index is 11.5. The Morgan fingerprint density at radius 3 is 2.58 bits per heavy atom. The number of carbonyl (C=O) groups excluding carboxylic acids is 1. The van der Waals surface area contributed by atoms with Gasteiger partial charge in [0.1, 0.15) is 12.7 Å². The molecule has 134 valence electrons. The number of aliphatic hydroxyl groups is 1. The highest BCUT2D eigenvalue weighted by Gasteiger charge is 2.15. The first-order valence-electron chi connectivity index (χ1n) is 7.85. The third kappa shape index (κ3) is 6.22. The zero-order valence-corrected chi connectivity index (χ0v) is 14.9. The summed E-state index contributed by atoms with van der Waals surface area (Å²) in [5.74, 6) is 0.435. The van der Waals surface area contributed by atoms with Gasteiger partial charge in [-0.3, -0.25) is 4.90 Å². The smallest absolute Gasteiger partial charge is 0.337 e. The van der Waals surface area contributed by atoms with E-state index in [0.29, 0.717) is 23.6 Å². The normalized spacial score (nSPS) is 11.9. The summed E-state index contributed by atoms with van der Waals surface area (Å²) in [4.78, 5) is 13.6. The van der Waals surface area contributed by atoms with E-state index in [1.54, 1.807) is 18.2 Å². The summed E-state index contributed by atoms with van der Waals surface area (Å²) in [5.41, 5.74) is 1.42. The molecule has 1 atom stereocenters. The number of hydrogen-bond acceptors (Lipinski definition) is 6. The molecule has 6 heteroatoms. The monoisotopic (exact) mass is 337 g/mol. The minimum atomic E-state index is -0.644. The van der Waals surface area contributed by atoms with E-state index in [9.17, 15) is 9.90 Å². The van der Waals surface area contributed by atoms with Crippen molar-refractivity contribution in [1.82, 2.24) is 4.90 Å². The zero-order valence-electron chi connectivity index (χ0n) is 14.9. The van der Waals surface area contributed by atoms with Gasteiger partial charge < -0.3 is 19.3 Å². The Balaban J connectivity index is 2.65. The van der Waals surface area contributed by atoms with E-state index in [4.69, 9.17) is 9.47 Å². The van der Waals surface area contributed by atoms with Crippen molar-refractivity contribution < 1.29 is 24.1 Å². The van der Waals surface area contributed by atoms with Gasteiger partial charge in [-0.05, 0) is 31.7 Å². The molecule has 0 bridgehead atoms. The Morgan fingerprint density at radius 2 is 2.04 bits per heavy atom. The molecule has 0 fully saturated rings. The largest absolute Gasteiger partial charge is 0.493 e. The molecule has 24 heavy (non-hydrogen) atoms. The number of aliphatic hydroxyl groups excluding tert-OH is 1. The first-order valence-corrected chi connectivity index (χ1v) is 7.85. The van der Waals surface area contributed by atoms with Crippen LogP contribution in [0.2, 0.25) is 0 Å². The van der Waals surface area contributed by atoms with Gasteiger partial charge in [0, 0.05) is 13.1 Å². The predicted molar refractivity (Wildman–Crippen MR) is 92.8 cm³/mol. The summed E-state index contributed by atoms with van der Waals surface area (Å²) in [5, 5.41) is 10.2. The lowest BCUT2D eigenvalue weighted by atomic mass is 10.2. The van der Waals surface area contributed by atoms with Gasteiger partial charge in [0.25, 0.3) is 0 Å². The molecule has 0 aliphatic rings. The highest BCUT2D eigenvalue weighted by atomic mass is 16.5. The number of likely N-dealkylation sites (N-methyl/N-ethyl adjacent to an activating group) is 1. The van der Waals surface area contributed by atoms with E-state index >= 15 is 0 Å². The van der Waals surface area contributed by atoms with Gasteiger partial charge in [-0.1, -0.05) is 19.1 Å². The maximum Gasteiger partial charge on any atom is 0.337 e. The van der Waals surface area contributed by atoms with Crippen molar-refractivity contribution in [2.75, 3.05) is 40.5 Å². The van der Waals surface area contributed by atoms with Gasteiger partial charge in [-0.15, -0.1) is 0 Å². The van der Waals surface area contributed by atoms with Crippen molar-refractivity contribution in [2.24, 2.45) is 0 Å². The quantitative estimate of drug-likeness (QED) is 0.521. The van der Waals surface area contributed by atoms with Gasteiger partial charge in [-0.25, -0.2) is 4.79 Å². The highest BCUT2D eigenvalue weighted by molar-refractivity contribution is 5.90. The molecular weight excluding hydrogens is 310 g/mol. The van der Waals surface area contributed by atoms with Crippen molar-refractivity contribution >= 4 is 5.97 Å². The van der Waals surface area contributed by atoms with E-state index in [0.717, 1.165) is 18.7 Å². The molecular formula is C18H27NO5. The number of ether oxygens (including phenoxy) is 3. The lowest BCUT2D eigenvalue weighted by Crippen LogP contribution is -2.36. The summed E-state index contributed by atoms with van der Waals surface area (Å²) in [6.07, 6.45) is -0.644. The summed E-state index contributed by atoms with van der Waals surface area (Å²) >= 11 is 0. The maximum absolute atomic E-state index is 11.5. The van der Waals surface area contributed by atoms with E-state index in [1.165, 1.54) is 14.2 Å². The lowest BCUT2D eigenvalue weighted by molar-refractivity contribution is 0.0599. The number of carbonyl (C=O) groups is 1. The zero-order chi connectivity index (χ0) is 18.1. The molecule has 1 rings (SSSR count). The number of esters is 1. The molecule has 0 aliphatic carbocycles. The Kier molecular flexibility index (Phi) is 8.29. The van der Waals surface area contributed by atoms with Crippen LogP contribution in [-0.4, -0.2) is 62.5 Å². The van der Waals surface area contributed by atoms with E-state index in [2.05, 4.69) is 16.2 Å². The van der Waals surface area contributed by atoms with Crippen LogP contribution in [0.4, 0.5) is 0 Å². The molecule has 0 radical (unpaired) electrons. The van der Waals surface area contributed by atoms with Crippen LogP contribution < -0.4 is 9.47 Å². The van der Waals surface area contributed by atoms with Gasteiger partial charge in [0.15, 0.2) is 11.5 Å². The van der Waals surface area contributed by atoms with Gasteiger partial charge in [0.05, 0.1) is 19.8 Å². The molecule has 0 aliphatic heterocycles. The van der Waals surface area contributed by atoms with E-state index < -0.39 is 12.1 Å². The number of rotatable bonds is 10. The molecule has 0 spiro atoms. The molecule has 0 aromatic heterocycles. The molecule has 0 heterocycles. The summed E-state index contributed by atoms with van der Waals surface area (Å²) in [6.45, 7) is 10.1. The predicted octanol–water partition coefficient (Wildman–Crippen LogP) is 2.12. The van der Waals surface area contributed by atoms with Gasteiger partial charge in [0.2, 0.25) is 0 Å². The molecule has 0 saturated heterocycles. The minimum absolute atomic E-state index is 0.126. The average Bonchev–Trinajstić information content (AvgIpc) is 2.57. The Morgan fingerprint density at radius 1 is 1.33 bits per heavy atom. The summed E-state index contributed by atoms with van der Waals surface area (Å²) in [7, 11) is 2.81. The highest BCUT2D eigenvalue weighted by Crippen LogP contribution is 2.28. The number of methoxy groups -OCH3 is 2. The number of hydrogen-bond donors (Lipinski definition) is 1. The third-order valence-electron chi connectivity index (χ3n) is 3.43. The van der Waals surface area contributed by atoms with Crippen LogP contribution in [0.5, 0.6) is 11.5 Å². The van der Waals surface area contributed by atoms with Crippen LogP contribution in [-0.2, 0) is 4.74 Å². The molecule has 1 N–H and O–H groups in total. The second kappa shape index (κ2) is 9.95. The second-order valence-corrected chi connectivity index (χ2v) is 5.61. The summed E-state index contributed by atoms with van der Waals surface area (Å²) in [6, 6.07) is 4.77. The van der Waals surface area contributed by atoms with Gasteiger partial charge in [-0.2, -0.15) is 0 Å². The summed E-state index contributed by atoms with van der Waals surface area (Å²) < 4.78 is 15.5. The van der Waals surface area contributed by atoms with Crippen molar-refractivity contribution in [3.8, 4) is 11.5 Å². The van der Waals surface area contributed by atoms with Gasteiger partial charge >= 0.3 is 5.97 Å². The van der Waals surface area contributed by atoms with Crippen LogP contribution in [0, 0.1) is 0 Å². The topological polar surface area (TPSA) is 68.2 Å². The molecule has 6 nitrogen and oxygen atoms in total. The van der Waals surface area contributed by atoms with Crippen molar-refractivity contribution in [3.05, 3.63) is 35.9 Å². The molecule has 1 aromatic rings. The standard InChI is InChI=1S/C18H27NO5/c1-6-19(10-13(2)3)11-15(20)12-24-16-8-7-14(18(21)23-5)9-17(16)22-4/h7-9,15,20H,2,6,10-12H2,1,3-5H3. The molecule has 0 amide bonds. The minimum Gasteiger partial charge on any atom is -0.493 e. The Hall–Kier alpha value is -2.05. The van der Waals surface area contributed by atoms with E-state index in [-0.39, 0.29) is 6.61 Å². The van der Waals surface area contributed by atoms with E-state index in [1.807, 2.05) is 13.8 Å². The Labute approximate surface area is 143 Å². The fourth-order valence-electron chi connectivity index (χ4n) is 2.26. The van der Waals surface area contributed by atoms with Crippen molar-refractivity contribution in [2.45, 2.75) is 20.0 Å². The fourth-order valence-corrected chi connectivity index (χ4v) is 2.26. The number of benzene rings is 1. The average molecular weight is 337 g/mol. The lowest BCUT2D eigenvalue weighted by Gasteiger charge is -2.24. The van der Waals surface area contributed by atoms with Crippen LogP contribution in [0.3, 0.4) is 0 Å². The third-order valence-corrected chi connectivity index (χ3v) is 3.43. The molecule has 1 aromatic carbocycles. The van der Waals surface area contributed by atoms with Crippen LogP contribution in [0.25, 0.3) is 0 Å². The fraction of sp³-hybridized carbons (Fsp3) is 0.500. The van der Waals surface area contributed by atoms with Crippen LogP contribution in [0.15, 0.2) is 30.4 Å². The second-order valence-electron chi connectivity index (χ2n) is 5.61. The molecule has 1 unspecified atom stereocenters. The van der Waals surface area contributed by atoms with Crippen LogP contribution >= 0.6 is 0 Å². The SMILES string of the molecule is C=C(C)CN(CC)CC(O)COc1ccc(C(=O)OC)cc1OC. The first kappa shape index (κ1) is 20.0. The Bertz CT molecular complexity index is 558. The molecule has 0 saturated carbocycles. The number of nitrogens with zero attached hydrogens (tertiary/aromatic N) is 1. The van der Waals surface area contributed by atoms with Crippen LogP contribution in [0.1, 0.15) is 24.2 Å². The van der Waals surface area contributed by atoms with Crippen molar-refractivity contribution in [1.29, 1.82) is 0 Å². The van der Waals surface area contributed by atoms with Crippen molar-refractivity contribution in [3.63, 3.8) is 0 Å².